The fraction of sp³-hybridized carbons (Fsp3) is 0.467. The van der Waals surface area contributed by atoms with Gasteiger partial charge in [-0.2, -0.15) is 0 Å². The monoisotopic (exact) mass is 298 g/mol. The summed E-state index contributed by atoms with van der Waals surface area (Å²) in [6, 6.07) is 1.98. The van der Waals surface area contributed by atoms with Crippen LogP contribution in [-0.4, -0.2) is 24.2 Å². The number of carbonyl (C=O) groups is 2. The topological polar surface area (TPSA) is 63.6 Å². The maximum atomic E-state index is 13.7. The summed E-state index contributed by atoms with van der Waals surface area (Å²) in [6.45, 7) is 0. The van der Waals surface area contributed by atoms with Gasteiger partial charge >= 0.3 is 11.9 Å². The van der Waals surface area contributed by atoms with Gasteiger partial charge in [0.25, 0.3) is 0 Å². The lowest BCUT2D eigenvalue weighted by Gasteiger charge is -2.33. The van der Waals surface area contributed by atoms with Crippen LogP contribution in [-0.2, 0) is 14.9 Å². The molecule has 0 spiro atoms. The van der Waals surface area contributed by atoms with Crippen molar-refractivity contribution < 1.29 is 28.2 Å². The number of aliphatic carboxylic acids is 1. The zero-order valence-corrected chi connectivity index (χ0v) is 11.6. The zero-order chi connectivity index (χ0) is 15.6. The van der Waals surface area contributed by atoms with Crippen molar-refractivity contribution in [2.75, 3.05) is 7.11 Å². The predicted octanol–water partition coefficient (Wildman–Crippen LogP) is 3.04. The summed E-state index contributed by atoms with van der Waals surface area (Å²) in [7, 11) is 1.06. The molecule has 2 rings (SSSR count). The maximum Gasteiger partial charge on any atom is 0.340 e. The number of rotatable bonds is 3. The molecule has 6 heteroatoms. The summed E-state index contributed by atoms with van der Waals surface area (Å²) in [4.78, 5) is 23.2. The molecule has 1 fully saturated rings. The van der Waals surface area contributed by atoms with Crippen LogP contribution < -0.4 is 0 Å². The second-order valence-corrected chi connectivity index (χ2v) is 5.26. The molecule has 21 heavy (non-hydrogen) atoms. The smallest absolute Gasteiger partial charge is 0.340 e. The van der Waals surface area contributed by atoms with E-state index in [4.69, 9.17) is 0 Å². The standard InChI is InChI=1S/C15H16F2O4/c1-21-13(18)10-7-9(8-11(16)12(10)17)15(14(19)20)5-3-2-4-6-15/h7-8H,2-6H2,1H3,(H,19,20). The molecule has 0 bridgehead atoms. The highest BCUT2D eigenvalue weighted by molar-refractivity contribution is 5.91. The Morgan fingerprint density at radius 2 is 1.81 bits per heavy atom. The number of carbonyl (C=O) groups excluding carboxylic acids is 1. The van der Waals surface area contributed by atoms with Gasteiger partial charge in [0.05, 0.1) is 18.1 Å². The zero-order valence-electron chi connectivity index (χ0n) is 11.6. The third-order valence-corrected chi connectivity index (χ3v) is 4.10. The van der Waals surface area contributed by atoms with E-state index in [0.717, 1.165) is 25.7 Å². The van der Waals surface area contributed by atoms with Crippen molar-refractivity contribution >= 4 is 11.9 Å². The first-order valence-corrected chi connectivity index (χ1v) is 6.73. The second-order valence-electron chi connectivity index (χ2n) is 5.26. The number of halogens is 2. The summed E-state index contributed by atoms with van der Waals surface area (Å²) in [5.41, 5.74) is -1.72. The van der Waals surface area contributed by atoms with Crippen molar-refractivity contribution in [3.8, 4) is 0 Å². The normalized spacial score (nSPS) is 17.3. The summed E-state index contributed by atoms with van der Waals surface area (Å²) in [5, 5.41) is 9.56. The Labute approximate surface area is 120 Å². The van der Waals surface area contributed by atoms with Crippen LogP contribution in [0.3, 0.4) is 0 Å². The maximum absolute atomic E-state index is 13.7. The van der Waals surface area contributed by atoms with E-state index < -0.39 is 34.6 Å². The molecule has 0 unspecified atom stereocenters. The highest BCUT2D eigenvalue weighted by Gasteiger charge is 2.42. The van der Waals surface area contributed by atoms with Gasteiger partial charge in [-0.3, -0.25) is 4.79 Å². The van der Waals surface area contributed by atoms with Gasteiger partial charge in [-0.25, -0.2) is 13.6 Å². The van der Waals surface area contributed by atoms with Crippen molar-refractivity contribution in [3.05, 3.63) is 34.9 Å². The molecule has 0 saturated heterocycles. The molecule has 4 nitrogen and oxygen atoms in total. The quantitative estimate of drug-likeness (QED) is 0.871. The molecule has 1 aliphatic rings. The molecule has 1 aromatic carbocycles. The van der Waals surface area contributed by atoms with E-state index in [0.29, 0.717) is 25.7 Å². The average Bonchev–Trinajstić information content (AvgIpc) is 2.49. The SMILES string of the molecule is COC(=O)c1cc(C2(C(=O)O)CCCCC2)cc(F)c1F. The second kappa shape index (κ2) is 5.79. The van der Waals surface area contributed by atoms with E-state index in [1.165, 1.54) is 0 Å². The summed E-state index contributed by atoms with van der Waals surface area (Å²) in [6.07, 6.45) is 2.97. The van der Waals surface area contributed by atoms with E-state index in [-0.39, 0.29) is 5.56 Å². The Kier molecular flexibility index (Phi) is 4.25. The Bertz CT molecular complexity index is 577. The van der Waals surface area contributed by atoms with Crippen LogP contribution in [0.25, 0.3) is 0 Å². The van der Waals surface area contributed by atoms with Gasteiger partial charge < -0.3 is 9.84 Å². The van der Waals surface area contributed by atoms with E-state index >= 15 is 0 Å². The molecular formula is C15H16F2O4. The van der Waals surface area contributed by atoms with Crippen LogP contribution in [0.5, 0.6) is 0 Å². The minimum atomic E-state index is -1.32. The van der Waals surface area contributed by atoms with Gasteiger partial charge in [0.1, 0.15) is 0 Å². The molecule has 1 aromatic rings. The Morgan fingerprint density at radius 1 is 1.19 bits per heavy atom. The lowest BCUT2D eigenvalue weighted by Crippen LogP contribution is -2.38. The first-order valence-electron chi connectivity index (χ1n) is 6.73. The number of methoxy groups -OCH3 is 1. The molecule has 0 heterocycles. The number of carboxylic acids is 1. The molecule has 0 atom stereocenters. The van der Waals surface area contributed by atoms with Crippen molar-refractivity contribution in [2.24, 2.45) is 0 Å². The minimum absolute atomic E-state index is 0.119. The molecule has 1 N–H and O–H groups in total. The Hall–Kier alpha value is -1.98. The summed E-state index contributed by atoms with van der Waals surface area (Å²) >= 11 is 0. The van der Waals surface area contributed by atoms with Gasteiger partial charge in [0.2, 0.25) is 0 Å². The van der Waals surface area contributed by atoms with Gasteiger partial charge in [-0.15, -0.1) is 0 Å². The van der Waals surface area contributed by atoms with Crippen LogP contribution in [0.2, 0.25) is 0 Å². The van der Waals surface area contributed by atoms with E-state index in [9.17, 15) is 23.5 Å². The molecule has 1 aliphatic carbocycles. The van der Waals surface area contributed by atoms with Crippen molar-refractivity contribution in [1.29, 1.82) is 0 Å². The number of ether oxygens (including phenoxy) is 1. The molecule has 0 radical (unpaired) electrons. The highest BCUT2D eigenvalue weighted by atomic mass is 19.2. The van der Waals surface area contributed by atoms with Crippen LogP contribution in [0.4, 0.5) is 8.78 Å². The van der Waals surface area contributed by atoms with Gasteiger partial charge in [-0.05, 0) is 30.5 Å². The largest absolute Gasteiger partial charge is 0.481 e. The van der Waals surface area contributed by atoms with Crippen molar-refractivity contribution in [3.63, 3.8) is 0 Å². The third kappa shape index (κ3) is 2.62. The molecule has 0 aliphatic heterocycles. The van der Waals surface area contributed by atoms with E-state index in [1.807, 2.05) is 0 Å². The first-order chi connectivity index (χ1) is 9.92. The van der Waals surface area contributed by atoms with E-state index in [2.05, 4.69) is 4.74 Å². The lowest BCUT2D eigenvalue weighted by molar-refractivity contribution is -0.145. The highest BCUT2D eigenvalue weighted by Crippen LogP contribution is 2.40. The summed E-state index contributed by atoms with van der Waals surface area (Å²) < 4.78 is 31.9. The van der Waals surface area contributed by atoms with Crippen LogP contribution in [0, 0.1) is 11.6 Å². The number of carboxylic acid groups (broad SMARTS) is 1. The van der Waals surface area contributed by atoms with Gasteiger partial charge in [0.15, 0.2) is 11.6 Å². The van der Waals surface area contributed by atoms with Crippen molar-refractivity contribution in [1.82, 2.24) is 0 Å². The number of esters is 1. The third-order valence-electron chi connectivity index (χ3n) is 4.10. The predicted molar refractivity (Wildman–Crippen MR) is 70.1 cm³/mol. The lowest BCUT2D eigenvalue weighted by atomic mass is 9.69. The Balaban J connectivity index is 2.59. The van der Waals surface area contributed by atoms with Gasteiger partial charge in [-0.1, -0.05) is 19.3 Å². The van der Waals surface area contributed by atoms with Crippen LogP contribution >= 0.6 is 0 Å². The molecule has 0 amide bonds. The van der Waals surface area contributed by atoms with Crippen LogP contribution in [0.1, 0.15) is 48.0 Å². The molecule has 1 saturated carbocycles. The minimum Gasteiger partial charge on any atom is -0.481 e. The summed E-state index contributed by atoms with van der Waals surface area (Å²) in [5.74, 6) is -4.66. The fourth-order valence-corrected chi connectivity index (χ4v) is 2.91. The number of benzene rings is 1. The van der Waals surface area contributed by atoms with E-state index in [1.54, 1.807) is 0 Å². The Morgan fingerprint density at radius 3 is 2.33 bits per heavy atom. The van der Waals surface area contributed by atoms with Crippen LogP contribution in [0.15, 0.2) is 12.1 Å². The molecule has 0 aromatic heterocycles. The average molecular weight is 298 g/mol. The first kappa shape index (κ1) is 15.4. The van der Waals surface area contributed by atoms with Gasteiger partial charge in [0, 0.05) is 0 Å². The number of hydrogen-bond donors (Lipinski definition) is 1. The molecular weight excluding hydrogens is 282 g/mol. The van der Waals surface area contributed by atoms with Crippen molar-refractivity contribution in [2.45, 2.75) is 37.5 Å². The number of hydrogen-bond acceptors (Lipinski definition) is 3. The fourth-order valence-electron chi connectivity index (χ4n) is 2.91. The molecule has 114 valence electrons.